The fourth-order valence-electron chi connectivity index (χ4n) is 10.4. The predicted octanol–water partition coefficient (Wildman–Crippen LogP) is 16.9. The molecule has 2 heterocycles. The second-order valence-electron chi connectivity index (χ2n) is 16.8. The van der Waals surface area contributed by atoms with Crippen molar-refractivity contribution in [1.29, 1.82) is 0 Å². The van der Waals surface area contributed by atoms with E-state index >= 15 is 0 Å². The number of hydrogen-bond donors (Lipinski definition) is 0. The van der Waals surface area contributed by atoms with Gasteiger partial charge in [-0.15, -0.1) is 0 Å². The minimum atomic E-state index is 1.14. The van der Waals surface area contributed by atoms with Gasteiger partial charge >= 0.3 is 0 Å². The van der Waals surface area contributed by atoms with E-state index < -0.39 is 0 Å². The lowest BCUT2D eigenvalue weighted by molar-refractivity contribution is 1.18. The normalized spacial score (nSPS) is 11.8. The summed E-state index contributed by atoms with van der Waals surface area (Å²) in [7, 11) is 0. The van der Waals surface area contributed by atoms with Crippen LogP contribution in [0.15, 0.2) is 243 Å². The first-order valence-corrected chi connectivity index (χ1v) is 22.1. The van der Waals surface area contributed by atoms with Crippen LogP contribution in [-0.4, -0.2) is 9.13 Å². The summed E-state index contributed by atoms with van der Waals surface area (Å²) in [5.74, 6) is 0. The highest BCUT2D eigenvalue weighted by molar-refractivity contribution is 6.21. The molecule has 13 rings (SSSR count). The van der Waals surface area contributed by atoms with Gasteiger partial charge in [-0.25, -0.2) is 0 Å². The monoisotopic (exact) mass is 812 g/mol. The average Bonchev–Trinajstić information content (AvgIpc) is 3.88. The molecule has 0 N–H and O–H groups in total. The van der Waals surface area contributed by atoms with E-state index in [1.54, 1.807) is 0 Å². The standard InChI is InChI=1S/C62H40N2/c1-3-15-43(16-4-1)61-51-21-7-9-23-53(51)62(54-24-10-8-22-52(54)61)44-31-35-48(36-32-44)64-58-26-14-12-20-50(58)56-40-46(34-38-60(56)64)42-29-27-41(28-30-42)45-33-37-59-55(39-45)49-19-11-13-25-57(49)63(59)47-17-5-2-6-18-47/h1-40H. The quantitative estimate of drug-likeness (QED) is 0.148. The molecule has 2 aromatic heterocycles. The van der Waals surface area contributed by atoms with Crippen LogP contribution in [0.2, 0.25) is 0 Å². The molecule has 0 saturated carbocycles. The van der Waals surface area contributed by atoms with Gasteiger partial charge in [-0.3, -0.25) is 0 Å². The number of nitrogens with zero attached hydrogens (tertiary/aromatic N) is 2. The topological polar surface area (TPSA) is 9.86 Å². The van der Waals surface area contributed by atoms with Gasteiger partial charge in [-0.2, -0.15) is 0 Å². The summed E-state index contributed by atoms with van der Waals surface area (Å²) in [4.78, 5) is 0. The van der Waals surface area contributed by atoms with Gasteiger partial charge in [0.1, 0.15) is 0 Å². The second kappa shape index (κ2) is 14.6. The van der Waals surface area contributed by atoms with Crippen molar-refractivity contribution in [3.63, 3.8) is 0 Å². The molecule has 13 aromatic rings. The number of para-hydroxylation sites is 3. The lowest BCUT2D eigenvalue weighted by atomic mass is 9.86. The third-order valence-electron chi connectivity index (χ3n) is 13.3. The van der Waals surface area contributed by atoms with Crippen LogP contribution < -0.4 is 0 Å². The van der Waals surface area contributed by atoms with Crippen molar-refractivity contribution in [3.8, 4) is 55.9 Å². The number of rotatable bonds is 6. The summed E-state index contributed by atoms with van der Waals surface area (Å²) in [5, 5.41) is 10.1. The Morgan fingerprint density at radius 1 is 0.188 bits per heavy atom. The van der Waals surface area contributed by atoms with Crippen molar-refractivity contribution in [2.75, 3.05) is 0 Å². The van der Waals surface area contributed by atoms with Crippen LogP contribution in [-0.2, 0) is 0 Å². The Hall–Kier alpha value is -8.46. The van der Waals surface area contributed by atoms with E-state index in [9.17, 15) is 0 Å². The average molecular weight is 813 g/mol. The summed E-state index contributed by atoms with van der Waals surface area (Å²) < 4.78 is 4.79. The molecule has 2 heteroatoms. The number of benzene rings is 11. The zero-order chi connectivity index (χ0) is 42.1. The maximum absolute atomic E-state index is 2.42. The van der Waals surface area contributed by atoms with Gasteiger partial charge in [0.05, 0.1) is 22.1 Å². The molecular formula is C62H40N2. The lowest BCUT2D eigenvalue weighted by Gasteiger charge is -2.18. The molecule has 0 amide bonds. The number of aromatic nitrogens is 2. The van der Waals surface area contributed by atoms with E-state index in [4.69, 9.17) is 0 Å². The van der Waals surface area contributed by atoms with E-state index in [0.29, 0.717) is 0 Å². The van der Waals surface area contributed by atoms with Crippen molar-refractivity contribution in [1.82, 2.24) is 9.13 Å². The molecule has 0 aliphatic carbocycles. The summed E-state index contributed by atoms with van der Waals surface area (Å²) in [6, 6.07) is 88.8. The van der Waals surface area contributed by atoms with Crippen molar-refractivity contribution >= 4 is 65.2 Å². The SMILES string of the molecule is c1ccc(-c2c3ccccc3c(-c3ccc(-n4c5ccccc5c5cc(-c6ccc(-c7ccc8c(c7)c7ccccc7n8-c7ccccc7)cc6)ccc54)cc3)c3ccccc23)cc1. The molecule has 0 fully saturated rings. The van der Waals surface area contributed by atoms with Gasteiger partial charge in [0.15, 0.2) is 0 Å². The molecule has 0 radical (unpaired) electrons. The van der Waals surface area contributed by atoms with Gasteiger partial charge < -0.3 is 9.13 Å². The van der Waals surface area contributed by atoms with Crippen molar-refractivity contribution < 1.29 is 0 Å². The molecule has 64 heavy (non-hydrogen) atoms. The molecular weight excluding hydrogens is 773 g/mol. The largest absolute Gasteiger partial charge is 0.309 e. The van der Waals surface area contributed by atoms with Crippen molar-refractivity contribution in [2.24, 2.45) is 0 Å². The van der Waals surface area contributed by atoms with E-state index in [-0.39, 0.29) is 0 Å². The lowest BCUT2D eigenvalue weighted by Crippen LogP contribution is -1.94. The Labute approximate surface area is 371 Å². The van der Waals surface area contributed by atoms with E-state index in [1.165, 1.54) is 115 Å². The fourth-order valence-corrected chi connectivity index (χ4v) is 10.4. The molecule has 0 aliphatic rings. The minimum Gasteiger partial charge on any atom is -0.309 e. The molecule has 298 valence electrons. The number of fused-ring (bicyclic) bond motifs is 8. The van der Waals surface area contributed by atoms with Gasteiger partial charge in [-0.05, 0) is 127 Å². The van der Waals surface area contributed by atoms with Crippen molar-refractivity contribution in [2.45, 2.75) is 0 Å². The van der Waals surface area contributed by atoms with Gasteiger partial charge in [0, 0.05) is 32.9 Å². The van der Waals surface area contributed by atoms with Crippen LogP contribution in [0.4, 0.5) is 0 Å². The highest BCUT2D eigenvalue weighted by Gasteiger charge is 2.19. The molecule has 0 saturated heterocycles. The third kappa shape index (κ3) is 5.66. The summed E-state index contributed by atoms with van der Waals surface area (Å²) in [5.41, 5.74) is 17.0. The second-order valence-corrected chi connectivity index (χ2v) is 16.8. The molecule has 0 spiro atoms. The molecule has 0 bridgehead atoms. The van der Waals surface area contributed by atoms with E-state index in [0.717, 1.165) is 5.69 Å². The maximum Gasteiger partial charge on any atom is 0.0541 e. The Bertz CT molecular complexity index is 3850. The van der Waals surface area contributed by atoms with Crippen LogP contribution in [0, 0.1) is 0 Å². The zero-order valence-electron chi connectivity index (χ0n) is 35.0. The smallest absolute Gasteiger partial charge is 0.0541 e. The summed E-state index contributed by atoms with van der Waals surface area (Å²) in [6.45, 7) is 0. The molecule has 0 unspecified atom stereocenters. The van der Waals surface area contributed by atoms with Crippen molar-refractivity contribution in [3.05, 3.63) is 243 Å². The van der Waals surface area contributed by atoms with Crippen LogP contribution in [0.3, 0.4) is 0 Å². The third-order valence-corrected chi connectivity index (χ3v) is 13.3. The maximum atomic E-state index is 2.42. The first-order chi connectivity index (χ1) is 31.8. The van der Waals surface area contributed by atoms with Gasteiger partial charge in [-0.1, -0.05) is 182 Å². The first-order valence-electron chi connectivity index (χ1n) is 22.1. The van der Waals surface area contributed by atoms with Gasteiger partial charge in [0.25, 0.3) is 0 Å². The Balaban J connectivity index is 0.870. The van der Waals surface area contributed by atoms with E-state index in [2.05, 4.69) is 252 Å². The highest BCUT2D eigenvalue weighted by atomic mass is 15.0. The Morgan fingerprint density at radius 3 is 0.953 bits per heavy atom. The van der Waals surface area contributed by atoms with Crippen LogP contribution in [0.1, 0.15) is 0 Å². The molecule has 0 aliphatic heterocycles. The van der Waals surface area contributed by atoms with Crippen LogP contribution in [0.5, 0.6) is 0 Å². The van der Waals surface area contributed by atoms with Gasteiger partial charge in [0.2, 0.25) is 0 Å². The number of hydrogen-bond acceptors (Lipinski definition) is 0. The Morgan fingerprint density at radius 2 is 0.500 bits per heavy atom. The van der Waals surface area contributed by atoms with E-state index in [1.807, 2.05) is 0 Å². The molecule has 2 nitrogen and oxygen atoms in total. The highest BCUT2D eigenvalue weighted by Crippen LogP contribution is 2.44. The summed E-state index contributed by atoms with van der Waals surface area (Å²) >= 11 is 0. The first kappa shape index (κ1) is 36.2. The van der Waals surface area contributed by atoms with Crippen LogP contribution in [0.25, 0.3) is 121 Å². The predicted molar refractivity (Wildman–Crippen MR) is 272 cm³/mol. The van der Waals surface area contributed by atoms with Crippen LogP contribution >= 0.6 is 0 Å². The molecule has 0 atom stereocenters. The fraction of sp³-hybridized carbons (Fsp3) is 0. The Kier molecular flexibility index (Phi) is 8.25. The minimum absolute atomic E-state index is 1.14. The zero-order valence-corrected chi connectivity index (χ0v) is 35.0. The summed E-state index contributed by atoms with van der Waals surface area (Å²) in [6.07, 6.45) is 0. The molecule has 11 aromatic carbocycles.